The summed E-state index contributed by atoms with van der Waals surface area (Å²) < 4.78 is 0. The molecule has 1 heterocycles. The van der Waals surface area contributed by atoms with Gasteiger partial charge in [-0.3, -0.25) is 0 Å². The van der Waals surface area contributed by atoms with Gasteiger partial charge in [0.05, 0.1) is 0 Å². The molecule has 1 fully saturated rings. The van der Waals surface area contributed by atoms with E-state index in [9.17, 15) is 0 Å². The van der Waals surface area contributed by atoms with Gasteiger partial charge < -0.3 is 10.6 Å². The number of aryl methyl sites for hydroxylation is 1. The van der Waals surface area contributed by atoms with Crippen LogP contribution in [0.4, 0.5) is 11.6 Å². The summed E-state index contributed by atoms with van der Waals surface area (Å²) in [7, 11) is 2.16. The summed E-state index contributed by atoms with van der Waals surface area (Å²) in [5.74, 6) is 2.53. The van der Waals surface area contributed by atoms with Crippen molar-refractivity contribution in [3.05, 3.63) is 11.4 Å². The molecule has 21 heavy (non-hydrogen) atoms. The van der Waals surface area contributed by atoms with Crippen LogP contribution in [0.3, 0.4) is 0 Å². The molecule has 1 aromatic rings. The molecule has 1 aromatic heterocycles. The highest BCUT2D eigenvalue weighted by molar-refractivity contribution is 5.56. The Morgan fingerprint density at radius 3 is 2.43 bits per heavy atom. The van der Waals surface area contributed by atoms with Gasteiger partial charge in [0.2, 0.25) is 0 Å². The molecule has 2 N–H and O–H groups in total. The van der Waals surface area contributed by atoms with Gasteiger partial charge in [0.1, 0.15) is 17.5 Å². The van der Waals surface area contributed by atoms with Crippen molar-refractivity contribution in [2.45, 2.75) is 72.3 Å². The Labute approximate surface area is 129 Å². The molecule has 0 spiro atoms. The molecule has 1 saturated carbocycles. The number of aromatic nitrogens is 2. The normalized spacial score (nSPS) is 18.7. The standard InChI is InChI=1S/C17H30N4/c1-6-7-14-19-15(18)12(2)16(20-14)21(5)13-8-10-17(3,4)11-9-13/h13H,6-11H2,1-5H3,(H2,18,19,20). The Kier molecular flexibility index (Phi) is 4.74. The summed E-state index contributed by atoms with van der Waals surface area (Å²) in [5, 5.41) is 0. The number of nitrogen functional groups attached to an aromatic ring is 1. The zero-order valence-electron chi connectivity index (χ0n) is 14.2. The zero-order chi connectivity index (χ0) is 15.6. The van der Waals surface area contributed by atoms with Crippen molar-refractivity contribution in [2.75, 3.05) is 17.7 Å². The van der Waals surface area contributed by atoms with Crippen LogP contribution >= 0.6 is 0 Å². The molecule has 4 heteroatoms. The van der Waals surface area contributed by atoms with Crippen molar-refractivity contribution in [2.24, 2.45) is 5.41 Å². The van der Waals surface area contributed by atoms with Crippen LogP contribution in [0.25, 0.3) is 0 Å². The summed E-state index contributed by atoms with van der Waals surface area (Å²) in [4.78, 5) is 11.5. The molecular formula is C17H30N4. The fraction of sp³-hybridized carbons (Fsp3) is 0.765. The van der Waals surface area contributed by atoms with E-state index in [2.05, 4.69) is 37.7 Å². The van der Waals surface area contributed by atoms with E-state index in [0.717, 1.165) is 30.0 Å². The quantitative estimate of drug-likeness (QED) is 0.918. The van der Waals surface area contributed by atoms with E-state index in [1.165, 1.54) is 25.7 Å². The van der Waals surface area contributed by atoms with Crippen molar-refractivity contribution >= 4 is 11.6 Å². The number of anilines is 2. The first-order valence-electron chi connectivity index (χ1n) is 8.20. The van der Waals surface area contributed by atoms with Gasteiger partial charge >= 0.3 is 0 Å². The number of rotatable bonds is 4. The SMILES string of the molecule is CCCc1nc(N)c(C)c(N(C)C2CCC(C)(C)CC2)n1. The van der Waals surface area contributed by atoms with Crippen LogP contribution in [-0.2, 0) is 6.42 Å². The maximum absolute atomic E-state index is 6.08. The second kappa shape index (κ2) is 6.20. The molecule has 2 rings (SSSR count). The zero-order valence-corrected chi connectivity index (χ0v) is 14.2. The Balaban J connectivity index is 2.20. The Hall–Kier alpha value is -1.32. The molecule has 0 aliphatic heterocycles. The number of nitrogens with two attached hydrogens (primary N) is 1. The summed E-state index contributed by atoms with van der Waals surface area (Å²) in [5.41, 5.74) is 7.59. The Morgan fingerprint density at radius 1 is 1.24 bits per heavy atom. The molecule has 0 amide bonds. The van der Waals surface area contributed by atoms with E-state index >= 15 is 0 Å². The van der Waals surface area contributed by atoms with E-state index in [1.54, 1.807) is 0 Å². The Bertz CT molecular complexity index is 486. The van der Waals surface area contributed by atoms with Crippen LogP contribution in [0.15, 0.2) is 0 Å². The number of hydrogen-bond donors (Lipinski definition) is 1. The van der Waals surface area contributed by atoms with Gasteiger partial charge in [-0.25, -0.2) is 9.97 Å². The predicted molar refractivity (Wildman–Crippen MR) is 89.6 cm³/mol. The molecule has 118 valence electrons. The third-order valence-corrected chi connectivity index (χ3v) is 4.87. The van der Waals surface area contributed by atoms with Gasteiger partial charge in [-0.05, 0) is 44.4 Å². The highest BCUT2D eigenvalue weighted by Gasteiger charge is 2.30. The van der Waals surface area contributed by atoms with E-state index in [1.807, 2.05) is 6.92 Å². The second-order valence-corrected chi connectivity index (χ2v) is 7.23. The van der Waals surface area contributed by atoms with Crippen LogP contribution in [0.5, 0.6) is 0 Å². The van der Waals surface area contributed by atoms with Gasteiger partial charge in [-0.15, -0.1) is 0 Å². The first kappa shape index (κ1) is 16.1. The number of nitrogens with zero attached hydrogens (tertiary/aromatic N) is 3. The smallest absolute Gasteiger partial charge is 0.137 e. The summed E-state index contributed by atoms with van der Waals surface area (Å²) >= 11 is 0. The maximum Gasteiger partial charge on any atom is 0.137 e. The molecule has 0 bridgehead atoms. The summed E-state index contributed by atoms with van der Waals surface area (Å²) in [6.45, 7) is 8.92. The molecule has 4 nitrogen and oxygen atoms in total. The Morgan fingerprint density at radius 2 is 1.86 bits per heavy atom. The molecule has 0 atom stereocenters. The molecule has 0 saturated heterocycles. The van der Waals surface area contributed by atoms with Crippen molar-refractivity contribution in [1.29, 1.82) is 0 Å². The average molecular weight is 290 g/mol. The fourth-order valence-electron chi connectivity index (χ4n) is 3.19. The van der Waals surface area contributed by atoms with Gasteiger partial charge in [0.15, 0.2) is 0 Å². The molecule has 0 aromatic carbocycles. The minimum absolute atomic E-state index is 0.491. The third kappa shape index (κ3) is 3.66. The molecule has 0 unspecified atom stereocenters. The lowest BCUT2D eigenvalue weighted by Crippen LogP contribution is -2.38. The highest BCUT2D eigenvalue weighted by atomic mass is 15.2. The van der Waals surface area contributed by atoms with E-state index < -0.39 is 0 Å². The van der Waals surface area contributed by atoms with E-state index in [-0.39, 0.29) is 0 Å². The molecule has 1 aliphatic rings. The van der Waals surface area contributed by atoms with Gasteiger partial charge in [-0.1, -0.05) is 20.8 Å². The minimum Gasteiger partial charge on any atom is -0.383 e. The largest absolute Gasteiger partial charge is 0.383 e. The van der Waals surface area contributed by atoms with Crippen molar-refractivity contribution in [3.8, 4) is 0 Å². The third-order valence-electron chi connectivity index (χ3n) is 4.87. The lowest BCUT2D eigenvalue weighted by molar-refractivity contribution is 0.222. The van der Waals surface area contributed by atoms with E-state index in [0.29, 0.717) is 17.3 Å². The van der Waals surface area contributed by atoms with Crippen molar-refractivity contribution in [3.63, 3.8) is 0 Å². The van der Waals surface area contributed by atoms with Crippen molar-refractivity contribution < 1.29 is 0 Å². The topological polar surface area (TPSA) is 55.0 Å². The number of hydrogen-bond acceptors (Lipinski definition) is 4. The first-order chi connectivity index (χ1) is 9.84. The van der Waals surface area contributed by atoms with Gasteiger partial charge in [-0.2, -0.15) is 0 Å². The highest BCUT2D eigenvalue weighted by Crippen LogP contribution is 2.38. The van der Waals surface area contributed by atoms with Crippen LogP contribution < -0.4 is 10.6 Å². The summed E-state index contributed by atoms with van der Waals surface area (Å²) in [6.07, 6.45) is 6.96. The van der Waals surface area contributed by atoms with Crippen molar-refractivity contribution in [1.82, 2.24) is 9.97 Å². The fourth-order valence-corrected chi connectivity index (χ4v) is 3.19. The van der Waals surface area contributed by atoms with Crippen LogP contribution in [0, 0.1) is 12.3 Å². The summed E-state index contributed by atoms with van der Waals surface area (Å²) in [6, 6.07) is 0.570. The lowest BCUT2D eigenvalue weighted by atomic mass is 9.75. The molecular weight excluding hydrogens is 260 g/mol. The minimum atomic E-state index is 0.491. The lowest BCUT2D eigenvalue weighted by Gasteiger charge is -2.39. The molecule has 0 radical (unpaired) electrons. The maximum atomic E-state index is 6.08. The van der Waals surface area contributed by atoms with Crippen LogP contribution in [0.2, 0.25) is 0 Å². The van der Waals surface area contributed by atoms with Crippen LogP contribution in [0.1, 0.15) is 64.3 Å². The van der Waals surface area contributed by atoms with Gasteiger partial charge in [0, 0.05) is 25.1 Å². The monoisotopic (exact) mass is 290 g/mol. The average Bonchev–Trinajstić information content (AvgIpc) is 2.42. The predicted octanol–water partition coefficient (Wildman–Crippen LogP) is 3.72. The van der Waals surface area contributed by atoms with E-state index in [4.69, 9.17) is 10.7 Å². The first-order valence-corrected chi connectivity index (χ1v) is 8.20. The second-order valence-electron chi connectivity index (χ2n) is 7.23. The van der Waals surface area contributed by atoms with Crippen LogP contribution in [-0.4, -0.2) is 23.1 Å². The van der Waals surface area contributed by atoms with Gasteiger partial charge in [0.25, 0.3) is 0 Å². The molecule has 1 aliphatic carbocycles.